The van der Waals surface area contributed by atoms with E-state index < -0.39 is 0 Å². The number of H-pyrrole nitrogens is 1. The molecule has 0 aliphatic rings. The van der Waals surface area contributed by atoms with Gasteiger partial charge in [0.2, 0.25) is 4.77 Å². The molecule has 0 amide bonds. The van der Waals surface area contributed by atoms with Crippen LogP contribution in [0, 0.1) is 4.77 Å². The zero-order chi connectivity index (χ0) is 19.2. The van der Waals surface area contributed by atoms with Crippen LogP contribution in [0.15, 0.2) is 84.2 Å². The van der Waals surface area contributed by atoms with Crippen LogP contribution in [0.25, 0.3) is 11.4 Å². The van der Waals surface area contributed by atoms with E-state index in [1.807, 2.05) is 66.7 Å². The van der Waals surface area contributed by atoms with Gasteiger partial charge in [0.05, 0.1) is 6.21 Å². The van der Waals surface area contributed by atoms with Crippen LogP contribution in [0.3, 0.4) is 0 Å². The van der Waals surface area contributed by atoms with Crippen molar-refractivity contribution >= 4 is 18.4 Å². The van der Waals surface area contributed by atoms with E-state index in [1.54, 1.807) is 23.3 Å². The van der Waals surface area contributed by atoms with Gasteiger partial charge in [0.1, 0.15) is 12.4 Å². The summed E-state index contributed by atoms with van der Waals surface area (Å²) in [5, 5.41) is 11.5. The molecule has 7 heteroatoms. The van der Waals surface area contributed by atoms with Crippen molar-refractivity contribution < 1.29 is 4.74 Å². The molecule has 0 radical (unpaired) electrons. The molecule has 0 fully saturated rings. The molecule has 0 aliphatic carbocycles. The van der Waals surface area contributed by atoms with Gasteiger partial charge in [-0.25, -0.2) is 5.10 Å². The predicted octanol–water partition coefficient (Wildman–Crippen LogP) is 4.46. The number of hydrogen-bond acceptors (Lipinski definition) is 5. The SMILES string of the molecule is S=c1[nH]nc(-c2cccnc2)n1/N=C\c1ccc(OCc2ccccc2)cc1. The number of ether oxygens (including phenoxy) is 1. The fraction of sp³-hybridized carbons (Fsp3) is 0.0476. The molecule has 4 aromatic rings. The average molecular weight is 387 g/mol. The molecule has 1 N–H and O–H groups in total. The Morgan fingerprint density at radius 3 is 2.61 bits per heavy atom. The van der Waals surface area contributed by atoms with Crippen LogP contribution in [-0.2, 0) is 6.61 Å². The van der Waals surface area contributed by atoms with Crippen LogP contribution < -0.4 is 4.74 Å². The molecule has 0 aliphatic heterocycles. The minimum Gasteiger partial charge on any atom is -0.489 e. The van der Waals surface area contributed by atoms with Gasteiger partial charge in [-0.2, -0.15) is 14.9 Å². The summed E-state index contributed by atoms with van der Waals surface area (Å²) in [6.07, 6.45) is 5.15. The maximum absolute atomic E-state index is 5.81. The first-order valence-corrected chi connectivity index (χ1v) is 9.09. The smallest absolute Gasteiger partial charge is 0.216 e. The largest absolute Gasteiger partial charge is 0.489 e. The lowest BCUT2D eigenvalue weighted by atomic mass is 10.2. The lowest BCUT2D eigenvalue weighted by molar-refractivity contribution is 0.306. The summed E-state index contributed by atoms with van der Waals surface area (Å²) >= 11 is 5.28. The Morgan fingerprint density at radius 1 is 1.04 bits per heavy atom. The van der Waals surface area contributed by atoms with Gasteiger partial charge in [-0.1, -0.05) is 30.3 Å². The van der Waals surface area contributed by atoms with Crippen LogP contribution >= 0.6 is 12.2 Å². The van der Waals surface area contributed by atoms with Gasteiger partial charge >= 0.3 is 0 Å². The van der Waals surface area contributed by atoms with Gasteiger partial charge in [0, 0.05) is 18.0 Å². The van der Waals surface area contributed by atoms with Gasteiger partial charge in [-0.3, -0.25) is 4.98 Å². The second-order valence-corrected chi connectivity index (χ2v) is 6.38. The number of nitrogens with one attached hydrogen (secondary N) is 1. The molecule has 0 saturated carbocycles. The number of pyridine rings is 1. The zero-order valence-electron chi connectivity index (χ0n) is 14.9. The van der Waals surface area contributed by atoms with E-state index in [9.17, 15) is 0 Å². The topological polar surface area (TPSA) is 68.1 Å². The first kappa shape index (κ1) is 17.8. The molecular formula is C21H17N5OS. The lowest BCUT2D eigenvalue weighted by Crippen LogP contribution is -1.96. The minimum atomic E-state index is 0.415. The number of hydrogen-bond donors (Lipinski definition) is 1. The highest BCUT2D eigenvalue weighted by molar-refractivity contribution is 7.71. The van der Waals surface area contributed by atoms with Gasteiger partial charge in [-0.15, -0.1) is 0 Å². The van der Waals surface area contributed by atoms with Gasteiger partial charge < -0.3 is 4.74 Å². The molecule has 2 aromatic carbocycles. The van der Waals surface area contributed by atoms with Crippen molar-refractivity contribution in [1.29, 1.82) is 0 Å². The average Bonchev–Trinajstić information content (AvgIpc) is 3.13. The Labute approximate surface area is 167 Å². The van der Waals surface area contributed by atoms with Crippen LogP contribution in [0.1, 0.15) is 11.1 Å². The highest BCUT2D eigenvalue weighted by Crippen LogP contribution is 2.16. The highest BCUT2D eigenvalue weighted by atomic mass is 32.1. The normalized spacial score (nSPS) is 11.0. The molecule has 0 bridgehead atoms. The quantitative estimate of drug-likeness (QED) is 0.392. The van der Waals surface area contributed by atoms with E-state index >= 15 is 0 Å². The van der Waals surface area contributed by atoms with E-state index in [0.29, 0.717) is 17.2 Å². The summed E-state index contributed by atoms with van der Waals surface area (Å²) in [5.74, 6) is 1.41. The summed E-state index contributed by atoms with van der Waals surface area (Å²) in [7, 11) is 0. The van der Waals surface area contributed by atoms with E-state index in [-0.39, 0.29) is 0 Å². The molecule has 0 atom stereocenters. The molecule has 138 valence electrons. The second kappa shape index (κ2) is 8.41. The molecular weight excluding hydrogens is 370 g/mol. The molecule has 2 aromatic heterocycles. The van der Waals surface area contributed by atoms with Crippen molar-refractivity contribution in [2.24, 2.45) is 5.10 Å². The number of benzene rings is 2. The maximum atomic E-state index is 5.81. The minimum absolute atomic E-state index is 0.415. The number of rotatable bonds is 6. The summed E-state index contributed by atoms with van der Waals surface area (Å²) in [5.41, 5.74) is 2.88. The maximum Gasteiger partial charge on any atom is 0.216 e. The third-order valence-electron chi connectivity index (χ3n) is 4.02. The van der Waals surface area contributed by atoms with Crippen molar-refractivity contribution in [3.8, 4) is 17.1 Å². The third-order valence-corrected chi connectivity index (χ3v) is 4.29. The third kappa shape index (κ3) is 4.21. The van der Waals surface area contributed by atoms with Crippen molar-refractivity contribution in [2.45, 2.75) is 6.61 Å². The monoisotopic (exact) mass is 387 g/mol. The van der Waals surface area contributed by atoms with Gasteiger partial charge in [-0.05, 0) is 59.7 Å². The standard InChI is InChI=1S/C21H17N5OS/c28-21-25-24-20(18-7-4-12-22-14-18)26(21)23-13-16-8-10-19(11-9-16)27-15-17-5-2-1-3-6-17/h1-14H,15H2,(H,25,28)/b23-13-. The van der Waals surface area contributed by atoms with Crippen LogP contribution in [-0.4, -0.2) is 26.1 Å². The zero-order valence-corrected chi connectivity index (χ0v) is 15.7. The van der Waals surface area contributed by atoms with E-state index in [0.717, 1.165) is 22.4 Å². The van der Waals surface area contributed by atoms with Crippen LogP contribution in [0.5, 0.6) is 5.75 Å². The highest BCUT2D eigenvalue weighted by Gasteiger charge is 2.07. The summed E-state index contributed by atoms with van der Waals surface area (Å²) in [6.45, 7) is 0.535. The Balaban J connectivity index is 1.47. The molecule has 2 heterocycles. The van der Waals surface area contributed by atoms with Crippen LogP contribution in [0.4, 0.5) is 0 Å². The molecule has 0 unspecified atom stereocenters. The van der Waals surface area contributed by atoms with E-state index in [2.05, 4.69) is 20.3 Å². The predicted molar refractivity (Wildman–Crippen MR) is 111 cm³/mol. The van der Waals surface area contributed by atoms with E-state index in [1.165, 1.54) is 0 Å². The Kier molecular flexibility index (Phi) is 5.35. The second-order valence-electron chi connectivity index (χ2n) is 5.99. The Morgan fingerprint density at radius 2 is 1.86 bits per heavy atom. The van der Waals surface area contributed by atoms with Crippen LogP contribution in [0.2, 0.25) is 0 Å². The van der Waals surface area contributed by atoms with Gasteiger partial charge in [0.25, 0.3) is 0 Å². The van der Waals surface area contributed by atoms with E-state index in [4.69, 9.17) is 17.0 Å². The first-order valence-electron chi connectivity index (χ1n) is 8.68. The van der Waals surface area contributed by atoms with Crippen molar-refractivity contribution in [3.05, 3.63) is 95.0 Å². The fourth-order valence-electron chi connectivity index (χ4n) is 2.60. The van der Waals surface area contributed by atoms with Gasteiger partial charge in [0.15, 0.2) is 5.82 Å². The summed E-state index contributed by atoms with van der Waals surface area (Å²) in [4.78, 5) is 4.11. The first-order chi connectivity index (χ1) is 13.8. The molecule has 6 nitrogen and oxygen atoms in total. The van der Waals surface area contributed by atoms with Crippen molar-refractivity contribution in [3.63, 3.8) is 0 Å². The molecule has 0 spiro atoms. The molecule has 0 saturated heterocycles. The number of aromatic amines is 1. The lowest BCUT2D eigenvalue weighted by Gasteiger charge is -2.06. The summed E-state index contributed by atoms with van der Waals surface area (Å²) in [6, 6.07) is 21.5. The number of nitrogens with zero attached hydrogens (tertiary/aromatic N) is 4. The van der Waals surface area contributed by atoms with Crippen molar-refractivity contribution in [1.82, 2.24) is 19.9 Å². The number of aromatic nitrogens is 4. The fourth-order valence-corrected chi connectivity index (χ4v) is 2.78. The molecule has 28 heavy (non-hydrogen) atoms. The van der Waals surface area contributed by atoms with Crippen molar-refractivity contribution in [2.75, 3.05) is 0 Å². The Bertz CT molecular complexity index is 1120. The summed E-state index contributed by atoms with van der Waals surface area (Å²) < 4.78 is 7.80. The molecule has 4 rings (SSSR count). The Hall–Kier alpha value is -3.58.